The summed E-state index contributed by atoms with van der Waals surface area (Å²) in [6, 6.07) is 0. The van der Waals surface area contributed by atoms with Crippen LogP contribution in [-0.2, 0) is 4.74 Å². The Morgan fingerprint density at radius 2 is 2.10 bits per heavy atom. The van der Waals surface area contributed by atoms with Gasteiger partial charge in [0.25, 0.3) is 5.91 Å². The lowest BCUT2D eigenvalue weighted by Gasteiger charge is -2.32. The molecular weight excluding hydrogens is 256 g/mol. The van der Waals surface area contributed by atoms with Crippen LogP contribution in [0.25, 0.3) is 0 Å². The largest absolute Gasteiger partial charge is 0.375 e. The summed E-state index contributed by atoms with van der Waals surface area (Å²) in [5.41, 5.74) is 2.68. The van der Waals surface area contributed by atoms with Crippen molar-refractivity contribution in [3.05, 3.63) is 22.5 Å². The summed E-state index contributed by atoms with van der Waals surface area (Å²) in [6.45, 7) is 9.02. The minimum Gasteiger partial charge on any atom is -0.375 e. The van der Waals surface area contributed by atoms with Crippen LogP contribution in [-0.4, -0.2) is 47.4 Å². The van der Waals surface area contributed by atoms with Crippen molar-refractivity contribution in [1.82, 2.24) is 9.88 Å². The average Bonchev–Trinajstić information content (AvgIpc) is 2.73. The molecule has 0 spiro atoms. The second kappa shape index (κ2) is 5.79. The first-order valence-electron chi connectivity index (χ1n) is 7.06. The fourth-order valence-corrected chi connectivity index (χ4v) is 2.80. The van der Waals surface area contributed by atoms with Crippen molar-refractivity contribution >= 4 is 11.7 Å². The maximum absolute atomic E-state index is 12.6. The summed E-state index contributed by atoms with van der Waals surface area (Å²) in [7, 11) is 0. The van der Waals surface area contributed by atoms with Crippen molar-refractivity contribution < 1.29 is 14.3 Å². The molecule has 2 rings (SSSR count). The van der Waals surface area contributed by atoms with Crippen LogP contribution in [0.1, 0.15) is 52.4 Å². The number of ether oxygens (including phenoxy) is 1. The molecule has 2 heterocycles. The zero-order chi connectivity index (χ0) is 14.9. The Hall–Kier alpha value is -1.62. The molecule has 0 saturated carbocycles. The first-order valence-corrected chi connectivity index (χ1v) is 7.06. The van der Waals surface area contributed by atoms with Crippen molar-refractivity contribution in [1.29, 1.82) is 0 Å². The van der Waals surface area contributed by atoms with Crippen LogP contribution < -0.4 is 0 Å². The van der Waals surface area contributed by atoms with Gasteiger partial charge in [-0.15, -0.1) is 0 Å². The van der Waals surface area contributed by atoms with Gasteiger partial charge < -0.3 is 14.6 Å². The van der Waals surface area contributed by atoms with Gasteiger partial charge in [0.2, 0.25) is 0 Å². The fourth-order valence-electron chi connectivity index (χ4n) is 2.80. The first-order chi connectivity index (χ1) is 9.45. The molecule has 110 valence electrons. The predicted molar refractivity (Wildman–Crippen MR) is 76.2 cm³/mol. The number of aryl methyl sites for hydroxylation is 1. The van der Waals surface area contributed by atoms with Gasteiger partial charge in [-0.25, -0.2) is 0 Å². The molecule has 1 atom stereocenters. The van der Waals surface area contributed by atoms with Crippen LogP contribution in [0.2, 0.25) is 0 Å². The average molecular weight is 278 g/mol. The van der Waals surface area contributed by atoms with Gasteiger partial charge in [0, 0.05) is 24.3 Å². The van der Waals surface area contributed by atoms with E-state index in [9.17, 15) is 9.59 Å². The molecule has 0 bridgehead atoms. The molecule has 0 aliphatic carbocycles. The molecule has 0 unspecified atom stereocenters. The van der Waals surface area contributed by atoms with Gasteiger partial charge >= 0.3 is 0 Å². The number of aromatic nitrogens is 1. The Kier molecular flexibility index (Phi) is 4.28. The minimum absolute atomic E-state index is 0.0105. The third-order valence-electron chi connectivity index (χ3n) is 3.88. The lowest BCUT2D eigenvalue weighted by Crippen LogP contribution is -2.45. The molecular formula is C15H22N2O3. The Morgan fingerprint density at radius 1 is 1.40 bits per heavy atom. The molecule has 1 saturated heterocycles. The maximum atomic E-state index is 12.6. The van der Waals surface area contributed by atoms with Crippen LogP contribution in [0.4, 0.5) is 0 Å². The normalized spacial score (nSPS) is 19.2. The van der Waals surface area contributed by atoms with E-state index in [4.69, 9.17) is 4.74 Å². The highest BCUT2D eigenvalue weighted by Crippen LogP contribution is 2.21. The van der Waals surface area contributed by atoms with Gasteiger partial charge in [0.05, 0.1) is 12.7 Å². The molecule has 1 aromatic heterocycles. The zero-order valence-corrected chi connectivity index (χ0v) is 12.6. The highest BCUT2D eigenvalue weighted by molar-refractivity contribution is 6.02. The van der Waals surface area contributed by atoms with Gasteiger partial charge in [-0.2, -0.15) is 0 Å². The molecule has 20 heavy (non-hydrogen) atoms. The van der Waals surface area contributed by atoms with Gasteiger partial charge in [0.15, 0.2) is 5.78 Å². The second-order valence-corrected chi connectivity index (χ2v) is 5.33. The molecule has 0 radical (unpaired) electrons. The number of aromatic amines is 1. The molecule has 5 heteroatoms. The summed E-state index contributed by atoms with van der Waals surface area (Å²) in [5, 5.41) is 0. The van der Waals surface area contributed by atoms with Crippen LogP contribution >= 0.6 is 0 Å². The first kappa shape index (κ1) is 14.8. The van der Waals surface area contributed by atoms with E-state index in [1.165, 1.54) is 6.92 Å². The van der Waals surface area contributed by atoms with Crippen molar-refractivity contribution in [2.24, 2.45) is 0 Å². The van der Waals surface area contributed by atoms with Crippen molar-refractivity contribution in [3.8, 4) is 0 Å². The summed E-state index contributed by atoms with van der Waals surface area (Å²) in [5.74, 6) is -0.0523. The molecule has 1 amide bonds. The summed E-state index contributed by atoms with van der Waals surface area (Å²) < 4.78 is 5.58. The number of hydrogen-bond acceptors (Lipinski definition) is 3. The van der Waals surface area contributed by atoms with Gasteiger partial charge in [-0.1, -0.05) is 6.92 Å². The van der Waals surface area contributed by atoms with E-state index in [0.29, 0.717) is 31.0 Å². The van der Waals surface area contributed by atoms with Crippen molar-refractivity contribution in [2.45, 2.75) is 40.2 Å². The monoisotopic (exact) mass is 278 g/mol. The third kappa shape index (κ3) is 2.63. The summed E-state index contributed by atoms with van der Waals surface area (Å²) >= 11 is 0. The Balaban J connectivity index is 2.25. The molecule has 1 N–H and O–H groups in total. The Bertz CT molecular complexity index is 533. The van der Waals surface area contributed by atoms with Crippen LogP contribution in [0.15, 0.2) is 0 Å². The minimum atomic E-state index is -0.0418. The number of morpholine rings is 1. The number of hydrogen-bond donors (Lipinski definition) is 1. The smallest absolute Gasteiger partial charge is 0.270 e. The number of carbonyl (C=O) groups is 2. The number of amides is 1. The van der Waals surface area contributed by atoms with Crippen LogP contribution in [0.3, 0.4) is 0 Å². The number of H-pyrrole nitrogens is 1. The molecule has 1 aromatic rings. The zero-order valence-electron chi connectivity index (χ0n) is 12.6. The van der Waals surface area contributed by atoms with E-state index in [0.717, 1.165) is 17.7 Å². The van der Waals surface area contributed by atoms with Crippen LogP contribution in [0.5, 0.6) is 0 Å². The van der Waals surface area contributed by atoms with E-state index in [2.05, 4.69) is 11.9 Å². The Labute approximate surface area is 119 Å². The maximum Gasteiger partial charge on any atom is 0.270 e. The lowest BCUT2D eigenvalue weighted by atomic mass is 10.1. The predicted octanol–water partition coefficient (Wildman–Crippen LogP) is 2.09. The number of carbonyl (C=O) groups excluding carboxylic acids is 2. The highest BCUT2D eigenvalue weighted by atomic mass is 16.5. The van der Waals surface area contributed by atoms with Crippen LogP contribution in [0, 0.1) is 13.8 Å². The number of nitrogens with one attached hydrogen (secondary N) is 1. The number of rotatable bonds is 3. The highest BCUT2D eigenvalue weighted by Gasteiger charge is 2.27. The Morgan fingerprint density at radius 3 is 2.65 bits per heavy atom. The molecule has 0 aromatic carbocycles. The summed E-state index contributed by atoms with van der Waals surface area (Å²) in [4.78, 5) is 29.1. The van der Waals surface area contributed by atoms with E-state index in [-0.39, 0.29) is 17.8 Å². The number of Topliss-reactive ketones (excluding diaryl/α,β-unsaturated/α-hetero) is 1. The SMILES string of the molecule is CC[C@H]1CN(C(=O)c2[nH]c(C)c(C(C)=O)c2C)CCO1. The number of nitrogens with zero attached hydrogens (tertiary/aromatic N) is 1. The van der Waals surface area contributed by atoms with Crippen molar-refractivity contribution in [3.63, 3.8) is 0 Å². The van der Waals surface area contributed by atoms with E-state index >= 15 is 0 Å². The molecule has 1 aliphatic heterocycles. The fraction of sp³-hybridized carbons (Fsp3) is 0.600. The van der Waals surface area contributed by atoms with E-state index < -0.39 is 0 Å². The van der Waals surface area contributed by atoms with Gasteiger partial charge in [-0.05, 0) is 32.8 Å². The summed E-state index contributed by atoms with van der Waals surface area (Å²) in [6.07, 6.45) is 1.00. The van der Waals surface area contributed by atoms with Gasteiger partial charge in [-0.3, -0.25) is 9.59 Å². The molecule has 5 nitrogen and oxygen atoms in total. The van der Waals surface area contributed by atoms with Gasteiger partial charge in [0.1, 0.15) is 5.69 Å². The lowest BCUT2D eigenvalue weighted by molar-refractivity contribution is -0.0228. The van der Waals surface area contributed by atoms with E-state index in [1.54, 1.807) is 4.90 Å². The second-order valence-electron chi connectivity index (χ2n) is 5.33. The quantitative estimate of drug-likeness (QED) is 0.861. The molecule has 1 fully saturated rings. The number of ketones is 1. The van der Waals surface area contributed by atoms with E-state index in [1.807, 2.05) is 13.8 Å². The topological polar surface area (TPSA) is 62.4 Å². The van der Waals surface area contributed by atoms with Crippen molar-refractivity contribution in [2.75, 3.05) is 19.7 Å². The third-order valence-corrected chi connectivity index (χ3v) is 3.88. The standard InChI is InChI=1S/C15H22N2O3/c1-5-12-8-17(6-7-20-12)15(19)14-9(2)13(11(4)18)10(3)16-14/h12,16H,5-8H2,1-4H3/t12-/m0/s1. The molecule has 1 aliphatic rings.